The van der Waals surface area contributed by atoms with Gasteiger partial charge in [-0.25, -0.2) is 8.78 Å². The van der Waals surface area contributed by atoms with Gasteiger partial charge in [-0.15, -0.1) is 0 Å². The van der Waals surface area contributed by atoms with Crippen molar-refractivity contribution in [3.63, 3.8) is 0 Å². The van der Waals surface area contributed by atoms with Crippen molar-refractivity contribution < 1.29 is 22.7 Å². The summed E-state index contributed by atoms with van der Waals surface area (Å²) in [5.41, 5.74) is 0. The highest BCUT2D eigenvalue weighted by molar-refractivity contribution is 5.74. The summed E-state index contributed by atoms with van der Waals surface area (Å²) in [6, 6.07) is 0.299. The van der Waals surface area contributed by atoms with Gasteiger partial charge in [0.25, 0.3) is 11.8 Å². The minimum atomic E-state index is -1.50. The van der Waals surface area contributed by atoms with E-state index in [1.54, 1.807) is 0 Å². The monoisotopic (exact) mass is 260 g/mol. The molecule has 98 valence electrons. The van der Waals surface area contributed by atoms with E-state index in [0.29, 0.717) is 32.0 Å². The summed E-state index contributed by atoms with van der Waals surface area (Å²) in [6.45, 7) is 1.32. The van der Waals surface area contributed by atoms with E-state index in [4.69, 9.17) is 0 Å². The van der Waals surface area contributed by atoms with Gasteiger partial charge in [-0.05, 0) is 25.9 Å². The number of hydrogen-bond donors (Lipinski definition) is 1. The first-order valence-corrected chi connectivity index (χ1v) is 5.52. The van der Waals surface area contributed by atoms with Gasteiger partial charge in [0.1, 0.15) is 0 Å². The summed E-state index contributed by atoms with van der Waals surface area (Å²) in [5.74, 6) is -5.98. The highest BCUT2D eigenvalue weighted by Crippen LogP contribution is 2.20. The van der Waals surface area contributed by atoms with Crippen molar-refractivity contribution in [1.29, 1.82) is 0 Å². The fraction of sp³-hybridized carbons (Fsp3) is 0.455. The Labute approximate surface area is 101 Å². The van der Waals surface area contributed by atoms with Crippen LogP contribution >= 0.6 is 0 Å². The lowest BCUT2D eigenvalue weighted by Gasteiger charge is -2.20. The second-order valence-corrected chi connectivity index (χ2v) is 3.99. The zero-order chi connectivity index (χ0) is 13.1. The number of rotatable bonds is 2. The van der Waals surface area contributed by atoms with E-state index in [-0.39, 0.29) is 5.92 Å². The molecule has 1 aliphatic rings. The maximum absolute atomic E-state index is 13.2. The van der Waals surface area contributed by atoms with Crippen LogP contribution in [0.2, 0.25) is 0 Å². The molecule has 0 aromatic carbocycles. The zero-order valence-electron chi connectivity index (χ0n) is 9.38. The molecule has 7 heteroatoms. The first-order chi connectivity index (χ1) is 8.58. The van der Waals surface area contributed by atoms with Crippen LogP contribution in [0.3, 0.4) is 0 Å². The minimum Gasteiger partial charge on any atom is -0.404 e. The van der Waals surface area contributed by atoms with Crippen LogP contribution in [0.1, 0.15) is 12.8 Å². The van der Waals surface area contributed by atoms with Crippen LogP contribution in [-0.2, 0) is 4.79 Å². The molecule has 0 amide bonds. The van der Waals surface area contributed by atoms with Crippen LogP contribution in [-0.4, -0.2) is 24.0 Å². The number of esters is 1. The number of carbonyl (C=O) groups excluding carboxylic acids is 1. The number of nitrogens with one attached hydrogen (secondary N) is 1. The van der Waals surface area contributed by atoms with Gasteiger partial charge in [-0.3, -0.25) is 4.79 Å². The number of nitrogens with zero attached hydrogens (tertiary/aromatic N) is 1. The number of hydrogen-bond acceptors (Lipinski definition) is 4. The second-order valence-electron chi connectivity index (χ2n) is 3.99. The smallest absolute Gasteiger partial charge is 0.315 e. The molecule has 0 spiro atoms. The molecule has 1 aromatic rings. The molecule has 18 heavy (non-hydrogen) atoms. The average Bonchev–Trinajstić information content (AvgIpc) is 2.37. The first-order valence-electron chi connectivity index (χ1n) is 5.52. The predicted molar refractivity (Wildman–Crippen MR) is 55.3 cm³/mol. The van der Waals surface area contributed by atoms with E-state index in [2.05, 4.69) is 15.0 Å². The number of pyridine rings is 1. The van der Waals surface area contributed by atoms with Crippen LogP contribution in [0.5, 0.6) is 5.88 Å². The topological polar surface area (TPSA) is 51.2 Å². The van der Waals surface area contributed by atoms with Crippen LogP contribution in [0.15, 0.2) is 6.07 Å². The molecule has 4 nitrogen and oxygen atoms in total. The Kier molecular flexibility index (Phi) is 3.81. The van der Waals surface area contributed by atoms with Crippen LogP contribution in [0, 0.1) is 23.5 Å². The SMILES string of the molecule is O=C(Oc1nc(F)c(F)cc1F)C1CCNCC1. The highest BCUT2D eigenvalue weighted by atomic mass is 19.2. The van der Waals surface area contributed by atoms with E-state index in [1.165, 1.54) is 0 Å². The Morgan fingerprint density at radius 3 is 2.61 bits per heavy atom. The Morgan fingerprint density at radius 2 is 1.94 bits per heavy atom. The van der Waals surface area contributed by atoms with Gasteiger partial charge in [0.15, 0.2) is 11.6 Å². The van der Waals surface area contributed by atoms with E-state index in [1.807, 2.05) is 0 Å². The fourth-order valence-corrected chi connectivity index (χ4v) is 1.74. The Bertz CT molecular complexity index is 462. The number of carbonyl (C=O) groups is 1. The molecule has 1 aliphatic heterocycles. The first kappa shape index (κ1) is 12.8. The highest BCUT2D eigenvalue weighted by Gasteiger charge is 2.25. The van der Waals surface area contributed by atoms with Gasteiger partial charge in [0.2, 0.25) is 0 Å². The molecular formula is C11H11F3N2O2. The largest absolute Gasteiger partial charge is 0.404 e. The summed E-state index contributed by atoms with van der Waals surface area (Å²) in [4.78, 5) is 14.6. The van der Waals surface area contributed by atoms with Crippen molar-refractivity contribution in [2.45, 2.75) is 12.8 Å². The predicted octanol–water partition coefficient (Wildman–Crippen LogP) is 1.40. The van der Waals surface area contributed by atoms with Gasteiger partial charge in [0.05, 0.1) is 5.92 Å². The number of halogens is 3. The summed E-state index contributed by atoms with van der Waals surface area (Å²) >= 11 is 0. The normalized spacial score (nSPS) is 16.6. The van der Waals surface area contributed by atoms with Crippen LogP contribution < -0.4 is 10.1 Å². The Hall–Kier alpha value is -1.63. The van der Waals surface area contributed by atoms with E-state index in [9.17, 15) is 18.0 Å². The zero-order valence-corrected chi connectivity index (χ0v) is 9.38. The third-order valence-corrected chi connectivity index (χ3v) is 2.72. The third-order valence-electron chi connectivity index (χ3n) is 2.72. The van der Waals surface area contributed by atoms with Crippen molar-refractivity contribution in [2.75, 3.05) is 13.1 Å². The third kappa shape index (κ3) is 2.79. The number of aromatic nitrogens is 1. The molecule has 2 heterocycles. The molecule has 1 aromatic heterocycles. The Morgan fingerprint density at radius 1 is 1.28 bits per heavy atom. The molecule has 0 aliphatic carbocycles. The van der Waals surface area contributed by atoms with Gasteiger partial charge in [-0.2, -0.15) is 9.37 Å². The molecular weight excluding hydrogens is 249 g/mol. The average molecular weight is 260 g/mol. The lowest BCUT2D eigenvalue weighted by atomic mass is 9.99. The molecule has 0 bridgehead atoms. The fourth-order valence-electron chi connectivity index (χ4n) is 1.74. The van der Waals surface area contributed by atoms with Crippen LogP contribution in [0.4, 0.5) is 13.2 Å². The lowest BCUT2D eigenvalue weighted by Crippen LogP contribution is -2.34. The number of piperidine rings is 1. The van der Waals surface area contributed by atoms with E-state index >= 15 is 0 Å². The maximum atomic E-state index is 13.2. The summed E-state index contributed by atoms with van der Waals surface area (Å²) in [6.07, 6.45) is 1.12. The minimum absolute atomic E-state index is 0.299. The second kappa shape index (κ2) is 5.34. The van der Waals surface area contributed by atoms with Crippen molar-refractivity contribution in [3.05, 3.63) is 23.6 Å². The van der Waals surface area contributed by atoms with E-state index in [0.717, 1.165) is 0 Å². The maximum Gasteiger partial charge on any atom is 0.315 e. The number of ether oxygens (including phenoxy) is 1. The molecule has 0 saturated carbocycles. The van der Waals surface area contributed by atoms with Crippen molar-refractivity contribution in [3.8, 4) is 5.88 Å². The molecule has 1 saturated heterocycles. The molecule has 0 atom stereocenters. The molecule has 1 fully saturated rings. The van der Waals surface area contributed by atoms with Crippen molar-refractivity contribution in [2.24, 2.45) is 5.92 Å². The van der Waals surface area contributed by atoms with Gasteiger partial charge in [-0.1, -0.05) is 0 Å². The molecule has 1 N–H and O–H groups in total. The quantitative estimate of drug-likeness (QED) is 0.645. The molecule has 0 radical (unpaired) electrons. The van der Waals surface area contributed by atoms with Crippen molar-refractivity contribution in [1.82, 2.24) is 10.3 Å². The summed E-state index contributed by atoms with van der Waals surface area (Å²) in [7, 11) is 0. The molecule has 0 unspecified atom stereocenters. The summed E-state index contributed by atoms with van der Waals surface area (Å²) in [5, 5.41) is 3.05. The summed E-state index contributed by atoms with van der Waals surface area (Å²) < 4.78 is 43.3. The van der Waals surface area contributed by atoms with Gasteiger partial charge in [0, 0.05) is 6.07 Å². The van der Waals surface area contributed by atoms with E-state index < -0.39 is 29.4 Å². The standard InChI is InChI=1S/C11H11F3N2O2/c12-7-5-8(13)10(16-9(7)14)18-11(17)6-1-3-15-4-2-6/h5-6,15H,1-4H2. The van der Waals surface area contributed by atoms with Gasteiger partial charge >= 0.3 is 5.97 Å². The Balaban J connectivity index is 2.08. The molecule has 2 rings (SSSR count). The van der Waals surface area contributed by atoms with Crippen molar-refractivity contribution >= 4 is 5.97 Å². The lowest BCUT2D eigenvalue weighted by molar-refractivity contribution is -0.140. The van der Waals surface area contributed by atoms with Gasteiger partial charge < -0.3 is 10.1 Å². The van der Waals surface area contributed by atoms with Crippen LogP contribution in [0.25, 0.3) is 0 Å².